The van der Waals surface area contributed by atoms with Crippen LogP contribution in [0.25, 0.3) is 0 Å². The number of ether oxygens (including phenoxy) is 1. The van der Waals surface area contributed by atoms with E-state index >= 15 is 0 Å². The maximum Gasteiger partial charge on any atom is 0.326 e. The van der Waals surface area contributed by atoms with Crippen LogP contribution >= 0.6 is 0 Å². The molecule has 1 N–H and O–H groups in total. The van der Waals surface area contributed by atoms with Gasteiger partial charge in [0, 0.05) is 31.7 Å². The number of hydrogen-bond acceptors (Lipinski definition) is 5. The summed E-state index contributed by atoms with van der Waals surface area (Å²) in [4.78, 5) is 17.4. The molecule has 0 amide bonds. The first-order valence-electron chi connectivity index (χ1n) is 8.39. The van der Waals surface area contributed by atoms with Crippen LogP contribution in [-0.4, -0.2) is 73.2 Å². The van der Waals surface area contributed by atoms with Crippen molar-refractivity contribution in [1.82, 2.24) is 15.1 Å². The molecule has 1 aliphatic carbocycles. The molecule has 21 heavy (non-hydrogen) atoms. The van der Waals surface area contributed by atoms with Crippen molar-refractivity contribution in [3.05, 3.63) is 0 Å². The summed E-state index contributed by atoms with van der Waals surface area (Å²) >= 11 is 0. The molecule has 5 heteroatoms. The Morgan fingerprint density at radius 2 is 2.14 bits per heavy atom. The predicted octanol–water partition coefficient (Wildman–Crippen LogP) is 1.09. The number of nitrogens with one attached hydrogen (secondary N) is 1. The van der Waals surface area contributed by atoms with Gasteiger partial charge < -0.3 is 15.0 Å². The van der Waals surface area contributed by atoms with Crippen LogP contribution in [0.5, 0.6) is 0 Å². The Morgan fingerprint density at radius 1 is 1.38 bits per heavy atom. The van der Waals surface area contributed by atoms with Crippen LogP contribution in [0.1, 0.15) is 40.0 Å². The third kappa shape index (κ3) is 3.58. The zero-order valence-corrected chi connectivity index (χ0v) is 14.0. The summed E-state index contributed by atoms with van der Waals surface area (Å²) in [5.41, 5.74) is -0.460. The fourth-order valence-electron chi connectivity index (χ4n) is 4.02. The number of carbonyl (C=O) groups is 1. The van der Waals surface area contributed by atoms with E-state index in [2.05, 4.69) is 36.0 Å². The summed E-state index contributed by atoms with van der Waals surface area (Å²) in [6, 6.07) is 1.06. The lowest BCUT2D eigenvalue weighted by Gasteiger charge is -2.42. The minimum Gasteiger partial charge on any atom is -0.465 e. The van der Waals surface area contributed by atoms with Gasteiger partial charge in [-0.25, -0.2) is 0 Å². The highest BCUT2D eigenvalue weighted by Gasteiger charge is 2.48. The lowest BCUT2D eigenvalue weighted by molar-refractivity contribution is -0.151. The minimum absolute atomic E-state index is 0.0591. The van der Waals surface area contributed by atoms with Gasteiger partial charge in [-0.05, 0) is 46.7 Å². The number of carbonyl (C=O) groups excluding carboxylic acids is 1. The zero-order valence-electron chi connectivity index (χ0n) is 14.0. The maximum atomic E-state index is 12.4. The average molecular weight is 297 g/mol. The fraction of sp³-hybridized carbons (Fsp3) is 0.938. The Balaban J connectivity index is 2.04. The van der Waals surface area contributed by atoms with Gasteiger partial charge in [0.25, 0.3) is 0 Å². The van der Waals surface area contributed by atoms with E-state index in [-0.39, 0.29) is 5.97 Å². The largest absolute Gasteiger partial charge is 0.465 e. The summed E-state index contributed by atoms with van der Waals surface area (Å²) < 4.78 is 5.33. The number of nitrogens with zero attached hydrogens (tertiary/aromatic N) is 2. The van der Waals surface area contributed by atoms with Crippen molar-refractivity contribution in [2.24, 2.45) is 0 Å². The normalized spacial score (nSPS) is 35.0. The van der Waals surface area contributed by atoms with E-state index in [4.69, 9.17) is 4.74 Å². The summed E-state index contributed by atoms with van der Waals surface area (Å²) in [6.45, 7) is 10.9. The van der Waals surface area contributed by atoms with Crippen molar-refractivity contribution in [2.45, 2.75) is 57.7 Å². The molecule has 1 saturated heterocycles. The minimum atomic E-state index is -0.460. The molecule has 1 aliphatic heterocycles. The van der Waals surface area contributed by atoms with Crippen LogP contribution < -0.4 is 5.32 Å². The van der Waals surface area contributed by atoms with Gasteiger partial charge in [-0.3, -0.25) is 9.69 Å². The summed E-state index contributed by atoms with van der Waals surface area (Å²) in [5, 5.41) is 3.42. The van der Waals surface area contributed by atoms with Gasteiger partial charge in [0.2, 0.25) is 0 Å². The summed E-state index contributed by atoms with van der Waals surface area (Å²) in [7, 11) is 2.18. The Labute approximate surface area is 129 Å². The van der Waals surface area contributed by atoms with Crippen LogP contribution in [0.4, 0.5) is 0 Å². The number of hydrogen-bond donors (Lipinski definition) is 1. The third-order valence-corrected chi connectivity index (χ3v) is 5.02. The van der Waals surface area contributed by atoms with Crippen molar-refractivity contribution < 1.29 is 9.53 Å². The van der Waals surface area contributed by atoms with Gasteiger partial charge in [-0.1, -0.05) is 6.92 Å². The summed E-state index contributed by atoms with van der Waals surface area (Å²) in [6.07, 6.45) is 2.86. The molecule has 5 nitrogen and oxygen atoms in total. The second-order valence-electron chi connectivity index (χ2n) is 6.58. The second-order valence-corrected chi connectivity index (χ2v) is 6.58. The first-order valence-corrected chi connectivity index (χ1v) is 8.39. The van der Waals surface area contributed by atoms with Crippen LogP contribution in [0.2, 0.25) is 0 Å². The van der Waals surface area contributed by atoms with E-state index in [1.165, 1.54) is 0 Å². The second kappa shape index (κ2) is 7.07. The lowest BCUT2D eigenvalue weighted by Crippen LogP contribution is -2.56. The Kier molecular flexibility index (Phi) is 5.63. The highest BCUT2D eigenvalue weighted by atomic mass is 16.5. The van der Waals surface area contributed by atoms with Crippen LogP contribution in [0, 0.1) is 0 Å². The van der Waals surface area contributed by atoms with Gasteiger partial charge in [0.05, 0.1) is 6.61 Å². The Hall–Kier alpha value is -0.650. The predicted molar refractivity (Wildman–Crippen MR) is 84.3 cm³/mol. The maximum absolute atomic E-state index is 12.4. The van der Waals surface area contributed by atoms with Crippen molar-refractivity contribution in [1.29, 1.82) is 0 Å². The molecule has 0 bridgehead atoms. The number of rotatable bonds is 5. The van der Waals surface area contributed by atoms with Crippen molar-refractivity contribution in [3.8, 4) is 0 Å². The van der Waals surface area contributed by atoms with E-state index in [0.717, 1.165) is 45.4 Å². The summed E-state index contributed by atoms with van der Waals surface area (Å²) in [5.74, 6) is -0.0591. The Morgan fingerprint density at radius 3 is 2.76 bits per heavy atom. The molecule has 3 unspecified atom stereocenters. The van der Waals surface area contributed by atoms with E-state index in [9.17, 15) is 4.79 Å². The van der Waals surface area contributed by atoms with Gasteiger partial charge in [0.15, 0.2) is 0 Å². The number of likely N-dealkylation sites (N-methyl/N-ethyl adjacent to an activating group) is 2. The molecule has 2 fully saturated rings. The van der Waals surface area contributed by atoms with Gasteiger partial charge >= 0.3 is 5.97 Å². The fourth-order valence-corrected chi connectivity index (χ4v) is 4.02. The lowest BCUT2D eigenvalue weighted by atomic mass is 9.96. The van der Waals surface area contributed by atoms with Crippen LogP contribution in [0.15, 0.2) is 0 Å². The molecular formula is C16H31N3O2. The van der Waals surface area contributed by atoms with E-state index in [0.29, 0.717) is 18.7 Å². The van der Waals surface area contributed by atoms with Gasteiger partial charge in [-0.2, -0.15) is 0 Å². The van der Waals surface area contributed by atoms with Crippen molar-refractivity contribution in [3.63, 3.8) is 0 Å². The van der Waals surface area contributed by atoms with E-state index in [1.807, 2.05) is 6.92 Å². The van der Waals surface area contributed by atoms with Crippen molar-refractivity contribution >= 4 is 5.97 Å². The molecule has 122 valence electrons. The zero-order chi connectivity index (χ0) is 15.5. The molecule has 1 heterocycles. The first-order chi connectivity index (χ1) is 10.0. The van der Waals surface area contributed by atoms with Crippen LogP contribution in [-0.2, 0) is 9.53 Å². The van der Waals surface area contributed by atoms with E-state index in [1.54, 1.807) is 0 Å². The molecular weight excluding hydrogens is 266 g/mol. The highest BCUT2D eigenvalue weighted by Crippen LogP contribution is 2.35. The van der Waals surface area contributed by atoms with Gasteiger partial charge in [-0.15, -0.1) is 0 Å². The monoisotopic (exact) mass is 297 g/mol. The first kappa shape index (κ1) is 16.7. The van der Waals surface area contributed by atoms with Crippen LogP contribution in [0.3, 0.4) is 0 Å². The molecule has 0 radical (unpaired) electrons. The van der Waals surface area contributed by atoms with E-state index < -0.39 is 5.54 Å². The SMILES string of the molecule is CCNC1(C(=O)OCC)CCC(N2CCN(C)CC2C)C1. The average Bonchev–Trinajstić information content (AvgIpc) is 2.85. The molecule has 2 aliphatic rings. The number of esters is 1. The topological polar surface area (TPSA) is 44.8 Å². The smallest absolute Gasteiger partial charge is 0.326 e. The highest BCUT2D eigenvalue weighted by molar-refractivity contribution is 5.81. The molecule has 0 aromatic carbocycles. The third-order valence-electron chi connectivity index (χ3n) is 5.02. The Bertz CT molecular complexity index is 363. The quantitative estimate of drug-likeness (QED) is 0.770. The molecule has 0 aromatic rings. The molecule has 3 atom stereocenters. The van der Waals surface area contributed by atoms with Crippen molar-refractivity contribution in [2.75, 3.05) is 39.8 Å². The molecule has 0 aromatic heterocycles. The molecule has 0 spiro atoms. The molecule has 1 saturated carbocycles. The standard InChI is InChI=1S/C16H31N3O2/c1-5-17-16(15(20)21-6-2)8-7-14(11-16)19-10-9-18(4)12-13(19)3/h13-14,17H,5-12H2,1-4H3. The molecule has 2 rings (SSSR count). The number of piperazine rings is 1. The van der Waals surface area contributed by atoms with Gasteiger partial charge in [0.1, 0.15) is 5.54 Å².